The van der Waals surface area contributed by atoms with Crippen LogP contribution in [0.1, 0.15) is 29.0 Å². The molecule has 0 bridgehead atoms. The number of fused-ring (bicyclic) bond motifs is 8. The third-order valence-electron chi connectivity index (χ3n) is 10.8. The van der Waals surface area contributed by atoms with Crippen molar-refractivity contribution in [3.8, 4) is 22.3 Å². The Hall–Kier alpha value is -6.53. The average Bonchev–Trinajstić information content (AvgIpc) is 3.82. The highest BCUT2D eigenvalue weighted by atomic mass is 32.1. The van der Waals surface area contributed by atoms with Gasteiger partial charge in [-0.3, -0.25) is 5.32 Å². The zero-order chi connectivity index (χ0) is 35.6. The van der Waals surface area contributed by atoms with Gasteiger partial charge in [-0.15, -0.1) is 11.3 Å². The molecule has 4 nitrogen and oxygen atoms in total. The summed E-state index contributed by atoms with van der Waals surface area (Å²) in [7, 11) is 0. The molecule has 2 atom stereocenters. The van der Waals surface area contributed by atoms with Crippen LogP contribution in [0.2, 0.25) is 0 Å². The van der Waals surface area contributed by atoms with E-state index < -0.39 is 0 Å². The topological polar surface area (TPSA) is 49.6 Å². The van der Waals surface area contributed by atoms with Gasteiger partial charge in [0, 0.05) is 41.9 Å². The Morgan fingerprint density at radius 2 is 1.13 bits per heavy atom. The highest BCUT2D eigenvalue weighted by Gasteiger charge is 2.27. The average molecular weight is 712 g/mol. The van der Waals surface area contributed by atoms with Gasteiger partial charge in [0.2, 0.25) is 0 Å². The standard InChI is InChI=1S/C49H33N3OS/c1-4-12-30(13-5-1)35-18-10-20-38-37(35)25-26-39-41-28-33(23-27-44(41)54-46(38)39)48-50-47(32-16-8-3-9-17-32)51-49(52-48)34-22-24-40-43(29-34)53-42-21-11-19-36(45(40)42)31-14-6-2-7-15-31/h1-29,48-49,52H,(H,50,51). The third kappa shape index (κ3) is 5.12. The minimum Gasteiger partial charge on any atom is -0.456 e. The van der Waals surface area contributed by atoms with E-state index >= 15 is 0 Å². The van der Waals surface area contributed by atoms with E-state index in [1.807, 2.05) is 17.4 Å². The molecule has 0 fully saturated rings. The molecular weight excluding hydrogens is 679 g/mol. The summed E-state index contributed by atoms with van der Waals surface area (Å²) in [4.78, 5) is 5.28. The Morgan fingerprint density at radius 3 is 1.93 bits per heavy atom. The van der Waals surface area contributed by atoms with Crippen molar-refractivity contribution >= 4 is 70.1 Å². The Labute approximate surface area is 316 Å². The Morgan fingerprint density at radius 1 is 0.481 bits per heavy atom. The van der Waals surface area contributed by atoms with Crippen LogP contribution in [0.25, 0.3) is 75.1 Å². The molecule has 54 heavy (non-hydrogen) atoms. The summed E-state index contributed by atoms with van der Waals surface area (Å²) in [6.45, 7) is 0. The Kier molecular flexibility index (Phi) is 7.22. The number of hydrogen-bond acceptors (Lipinski definition) is 5. The second kappa shape index (κ2) is 12.6. The van der Waals surface area contributed by atoms with Crippen LogP contribution in [-0.4, -0.2) is 5.84 Å². The fourth-order valence-electron chi connectivity index (χ4n) is 8.17. The van der Waals surface area contributed by atoms with Gasteiger partial charge in [-0.05, 0) is 63.0 Å². The summed E-state index contributed by atoms with van der Waals surface area (Å²) in [5, 5.41) is 14.9. The molecule has 0 saturated carbocycles. The van der Waals surface area contributed by atoms with Gasteiger partial charge in [0.1, 0.15) is 29.3 Å². The van der Waals surface area contributed by atoms with E-state index in [9.17, 15) is 0 Å². The van der Waals surface area contributed by atoms with E-state index in [1.54, 1.807) is 0 Å². The zero-order valence-corrected chi connectivity index (χ0v) is 30.0. The summed E-state index contributed by atoms with van der Waals surface area (Å²) in [5.74, 6) is 0.857. The molecule has 0 aliphatic carbocycles. The highest BCUT2D eigenvalue weighted by Crippen LogP contribution is 2.43. The van der Waals surface area contributed by atoms with Crippen molar-refractivity contribution in [2.45, 2.75) is 12.3 Å². The quantitative estimate of drug-likeness (QED) is 0.187. The summed E-state index contributed by atoms with van der Waals surface area (Å²) in [6, 6.07) is 62.6. The maximum atomic E-state index is 6.53. The molecule has 256 valence electrons. The molecule has 2 aromatic heterocycles. The van der Waals surface area contributed by atoms with E-state index in [4.69, 9.17) is 9.41 Å². The van der Waals surface area contributed by atoms with Gasteiger partial charge in [-0.2, -0.15) is 0 Å². The lowest BCUT2D eigenvalue weighted by Gasteiger charge is -2.32. The largest absolute Gasteiger partial charge is 0.456 e. The molecule has 8 aromatic carbocycles. The Balaban J connectivity index is 1.00. The van der Waals surface area contributed by atoms with Crippen LogP contribution < -0.4 is 10.6 Å². The molecule has 1 aliphatic heterocycles. The predicted octanol–water partition coefficient (Wildman–Crippen LogP) is 12.8. The first-order valence-corrected chi connectivity index (χ1v) is 19.2. The smallest absolute Gasteiger partial charge is 0.136 e. The lowest BCUT2D eigenvalue weighted by Crippen LogP contribution is -2.44. The SMILES string of the molecule is c1ccc(C2=NC(c3ccc4sc5c6cccc(-c7ccccc7)c6ccc5c4c3)NC(c3ccc4c(c3)oc3cccc(-c5ccccc5)c34)N2)cc1. The van der Waals surface area contributed by atoms with Crippen molar-refractivity contribution in [3.05, 3.63) is 193 Å². The van der Waals surface area contributed by atoms with Crippen molar-refractivity contribution < 1.29 is 4.42 Å². The second-order valence-electron chi connectivity index (χ2n) is 14.0. The molecule has 0 spiro atoms. The molecule has 0 radical (unpaired) electrons. The number of nitrogens with zero attached hydrogens (tertiary/aromatic N) is 1. The molecule has 2 N–H and O–H groups in total. The summed E-state index contributed by atoms with van der Waals surface area (Å²) in [6.07, 6.45) is -0.476. The van der Waals surface area contributed by atoms with Crippen molar-refractivity contribution in [3.63, 3.8) is 0 Å². The molecule has 0 amide bonds. The number of amidine groups is 1. The third-order valence-corrected chi connectivity index (χ3v) is 12.0. The number of thiophene rings is 1. The Bertz CT molecular complexity index is 3060. The number of aliphatic imine (C=N–C) groups is 1. The molecule has 0 saturated heterocycles. The van der Waals surface area contributed by atoms with E-state index in [0.29, 0.717) is 0 Å². The van der Waals surface area contributed by atoms with E-state index in [1.165, 1.54) is 53.2 Å². The fourth-order valence-corrected chi connectivity index (χ4v) is 9.38. The molecule has 1 aliphatic rings. The van der Waals surface area contributed by atoms with Crippen LogP contribution in [0.5, 0.6) is 0 Å². The first-order chi connectivity index (χ1) is 26.7. The monoisotopic (exact) mass is 711 g/mol. The molecule has 10 aromatic rings. The number of rotatable bonds is 5. The minimum atomic E-state index is -0.271. The van der Waals surface area contributed by atoms with Crippen molar-refractivity contribution in [1.29, 1.82) is 0 Å². The summed E-state index contributed by atoms with van der Waals surface area (Å²) >= 11 is 1.87. The minimum absolute atomic E-state index is 0.204. The van der Waals surface area contributed by atoms with E-state index in [-0.39, 0.29) is 12.3 Å². The normalized spacial score (nSPS) is 16.0. The molecule has 11 rings (SSSR count). The van der Waals surface area contributed by atoms with Gasteiger partial charge < -0.3 is 9.73 Å². The maximum absolute atomic E-state index is 6.53. The van der Waals surface area contributed by atoms with Crippen LogP contribution in [0.4, 0.5) is 0 Å². The summed E-state index contributed by atoms with van der Waals surface area (Å²) < 4.78 is 9.12. The molecule has 2 unspecified atom stereocenters. The van der Waals surface area contributed by atoms with Gasteiger partial charge in [-0.1, -0.05) is 152 Å². The van der Waals surface area contributed by atoms with Gasteiger partial charge in [0.05, 0.1) is 0 Å². The zero-order valence-electron chi connectivity index (χ0n) is 29.2. The number of hydrogen-bond donors (Lipinski definition) is 2. The maximum Gasteiger partial charge on any atom is 0.136 e. The number of nitrogens with one attached hydrogen (secondary N) is 2. The number of furan rings is 1. The fraction of sp³-hybridized carbons (Fsp3) is 0.0408. The van der Waals surface area contributed by atoms with Gasteiger partial charge >= 0.3 is 0 Å². The van der Waals surface area contributed by atoms with Crippen LogP contribution in [0.15, 0.2) is 185 Å². The second-order valence-corrected chi connectivity index (χ2v) is 15.0. The molecule has 5 heteroatoms. The van der Waals surface area contributed by atoms with Crippen molar-refractivity contribution in [1.82, 2.24) is 10.6 Å². The first kappa shape index (κ1) is 31.0. The predicted molar refractivity (Wildman–Crippen MR) is 226 cm³/mol. The van der Waals surface area contributed by atoms with Gasteiger partial charge in [0.15, 0.2) is 0 Å². The lowest BCUT2D eigenvalue weighted by atomic mass is 9.96. The van der Waals surface area contributed by atoms with Gasteiger partial charge in [0.25, 0.3) is 0 Å². The van der Waals surface area contributed by atoms with E-state index in [0.717, 1.165) is 44.5 Å². The lowest BCUT2D eigenvalue weighted by molar-refractivity contribution is 0.409. The van der Waals surface area contributed by atoms with Crippen LogP contribution in [0.3, 0.4) is 0 Å². The van der Waals surface area contributed by atoms with E-state index in [2.05, 4.69) is 180 Å². The van der Waals surface area contributed by atoms with Crippen LogP contribution in [0, 0.1) is 0 Å². The van der Waals surface area contributed by atoms with Crippen molar-refractivity contribution in [2.75, 3.05) is 0 Å². The van der Waals surface area contributed by atoms with Gasteiger partial charge in [-0.25, -0.2) is 4.99 Å². The first-order valence-electron chi connectivity index (χ1n) is 18.3. The summed E-state index contributed by atoms with van der Waals surface area (Å²) in [5.41, 5.74) is 9.86. The highest BCUT2D eigenvalue weighted by molar-refractivity contribution is 7.26. The van der Waals surface area contributed by atoms with Crippen LogP contribution in [-0.2, 0) is 0 Å². The molecule has 3 heterocycles. The van der Waals surface area contributed by atoms with Crippen molar-refractivity contribution in [2.24, 2.45) is 4.99 Å². The number of benzene rings is 8. The molecular formula is C49H33N3OS. The van der Waals surface area contributed by atoms with Crippen LogP contribution >= 0.6 is 11.3 Å².